The molecule has 0 spiro atoms. The van der Waals surface area contributed by atoms with E-state index in [1.807, 2.05) is 0 Å². The van der Waals surface area contributed by atoms with Crippen molar-refractivity contribution in [3.8, 4) is 5.75 Å². The molecule has 0 bridgehead atoms. The summed E-state index contributed by atoms with van der Waals surface area (Å²) >= 11 is 0. The number of rotatable bonds is 5. The fraction of sp³-hybridized carbons (Fsp3) is 0.118. The van der Waals surface area contributed by atoms with E-state index in [0.29, 0.717) is 16.5 Å². The number of anilines is 1. The van der Waals surface area contributed by atoms with Crippen LogP contribution < -0.4 is 9.46 Å². The van der Waals surface area contributed by atoms with Crippen molar-refractivity contribution in [2.24, 2.45) is 0 Å². The fourth-order valence-electron chi connectivity index (χ4n) is 2.40. The average Bonchev–Trinajstić information content (AvgIpc) is 2.56. The van der Waals surface area contributed by atoms with Gasteiger partial charge < -0.3 is 4.74 Å². The van der Waals surface area contributed by atoms with Crippen LogP contribution in [0.3, 0.4) is 0 Å². The highest BCUT2D eigenvalue weighted by Crippen LogP contribution is 2.30. The number of para-hydroxylation sites is 1. The van der Waals surface area contributed by atoms with E-state index in [1.54, 1.807) is 37.3 Å². The number of sulfonamides is 1. The molecule has 1 N–H and O–H groups in total. The number of hydrogen-bond donors (Lipinski definition) is 1. The summed E-state index contributed by atoms with van der Waals surface area (Å²) in [5, 5.41) is 0.651. The molecule has 0 fully saturated rings. The SMILES string of the molecule is Cc1ccc(NS(=O)(=O)c2cccc3cccnc23)c(OC(F)F)c1. The zero-order chi connectivity index (χ0) is 18.0. The molecule has 0 aliphatic heterocycles. The van der Waals surface area contributed by atoms with Gasteiger partial charge in [-0.1, -0.05) is 24.3 Å². The minimum absolute atomic E-state index is 0.0471. The van der Waals surface area contributed by atoms with Crippen molar-refractivity contribution in [1.82, 2.24) is 4.98 Å². The molecule has 3 aromatic rings. The molecule has 25 heavy (non-hydrogen) atoms. The van der Waals surface area contributed by atoms with Crippen molar-refractivity contribution in [2.75, 3.05) is 4.72 Å². The average molecular weight is 364 g/mol. The fourth-order valence-corrected chi connectivity index (χ4v) is 3.65. The summed E-state index contributed by atoms with van der Waals surface area (Å²) in [5.41, 5.74) is 0.880. The second kappa shape index (κ2) is 6.64. The van der Waals surface area contributed by atoms with Crippen LogP contribution in [-0.4, -0.2) is 20.0 Å². The lowest BCUT2D eigenvalue weighted by Gasteiger charge is -2.14. The highest BCUT2D eigenvalue weighted by molar-refractivity contribution is 7.93. The van der Waals surface area contributed by atoms with Crippen molar-refractivity contribution >= 4 is 26.6 Å². The van der Waals surface area contributed by atoms with Gasteiger partial charge >= 0.3 is 6.61 Å². The van der Waals surface area contributed by atoms with E-state index in [2.05, 4.69) is 14.4 Å². The molecule has 0 atom stereocenters. The maximum absolute atomic E-state index is 12.7. The quantitative estimate of drug-likeness (QED) is 0.744. The Labute approximate surface area is 143 Å². The van der Waals surface area contributed by atoms with Crippen LogP contribution >= 0.6 is 0 Å². The molecule has 1 aromatic heterocycles. The first-order valence-corrected chi connectivity index (χ1v) is 8.77. The first-order chi connectivity index (χ1) is 11.9. The number of alkyl halides is 2. The van der Waals surface area contributed by atoms with Crippen molar-refractivity contribution in [3.05, 3.63) is 60.3 Å². The number of nitrogens with one attached hydrogen (secondary N) is 1. The Balaban J connectivity index is 2.05. The van der Waals surface area contributed by atoms with E-state index >= 15 is 0 Å². The van der Waals surface area contributed by atoms with Gasteiger partial charge in [0.2, 0.25) is 0 Å². The maximum Gasteiger partial charge on any atom is 0.387 e. The summed E-state index contributed by atoms with van der Waals surface area (Å²) in [7, 11) is -4.05. The van der Waals surface area contributed by atoms with Crippen LogP contribution in [0.15, 0.2) is 59.6 Å². The van der Waals surface area contributed by atoms with Crippen molar-refractivity contribution < 1.29 is 21.9 Å². The minimum Gasteiger partial charge on any atom is -0.433 e. The Hall–Kier alpha value is -2.74. The molecule has 0 amide bonds. The molecule has 1 heterocycles. The molecule has 3 rings (SSSR count). The Morgan fingerprint density at radius 2 is 1.88 bits per heavy atom. The summed E-state index contributed by atoms with van der Waals surface area (Å²) < 4.78 is 57.4. The molecular formula is C17H14F2N2O3S. The predicted octanol–water partition coefficient (Wildman–Crippen LogP) is 3.95. The van der Waals surface area contributed by atoms with Gasteiger partial charge in [-0.15, -0.1) is 0 Å². The molecule has 2 aromatic carbocycles. The molecule has 0 radical (unpaired) electrons. The summed E-state index contributed by atoms with van der Waals surface area (Å²) in [5.74, 6) is -0.244. The molecule has 0 saturated heterocycles. The highest BCUT2D eigenvalue weighted by Gasteiger charge is 2.21. The third-order valence-corrected chi connectivity index (χ3v) is 4.88. The Bertz CT molecular complexity index is 1020. The Morgan fingerprint density at radius 3 is 2.64 bits per heavy atom. The molecule has 8 heteroatoms. The second-order valence-corrected chi connectivity index (χ2v) is 6.97. The molecular weight excluding hydrogens is 350 g/mol. The number of ether oxygens (including phenoxy) is 1. The van der Waals surface area contributed by atoms with E-state index in [1.165, 1.54) is 24.4 Å². The first-order valence-electron chi connectivity index (χ1n) is 7.29. The van der Waals surface area contributed by atoms with Crippen LogP contribution in [0.25, 0.3) is 10.9 Å². The highest BCUT2D eigenvalue weighted by atomic mass is 32.2. The van der Waals surface area contributed by atoms with E-state index in [0.717, 1.165) is 0 Å². The number of fused-ring (bicyclic) bond motifs is 1. The number of pyridine rings is 1. The van der Waals surface area contributed by atoms with E-state index in [9.17, 15) is 17.2 Å². The minimum atomic E-state index is -4.05. The van der Waals surface area contributed by atoms with Crippen LogP contribution in [0.2, 0.25) is 0 Å². The number of nitrogens with zero attached hydrogens (tertiary/aromatic N) is 1. The third kappa shape index (κ3) is 3.69. The maximum atomic E-state index is 12.7. The lowest BCUT2D eigenvalue weighted by atomic mass is 10.2. The number of halogens is 2. The number of aryl methyl sites for hydroxylation is 1. The monoisotopic (exact) mass is 364 g/mol. The Kier molecular flexibility index (Phi) is 4.54. The van der Waals surface area contributed by atoms with Crippen molar-refractivity contribution in [2.45, 2.75) is 18.4 Å². The number of benzene rings is 2. The first kappa shape index (κ1) is 17.1. The summed E-state index contributed by atoms with van der Waals surface area (Å²) in [6.07, 6.45) is 1.48. The van der Waals surface area contributed by atoms with Gasteiger partial charge in [0.15, 0.2) is 0 Å². The van der Waals surface area contributed by atoms with Gasteiger partial charge in [0.05, 0.1) is 11.2 Å². The Morgan fingerprint density at radius 1 is 1.12 bits per heavy atom. The summed E-state index contributed by atoms with van der Waals surface area (Å²) in [4.78, 5) is 4.06. The van der Waals surface area contributed by atoms with Gasteiger partial charge in [-0.25, -0.2) is 8.42 Å². The summed E-state index contributed by atoms with van der Waals surface area (Å²) in [6, 6.07) is 12.5. The number of aromatic nitrogens is 1. The van der Waals surface area contributed by atoms with Crippen molar-refractivity contribution in [1.29, 1.82) is 0 Å². The second-order valence-electron chi connectivity index (χ2n) is 5.31. The number of hydrogen-bond acceptors (Lipinski definition) is 4. The van der Waals surface area contributed by atoms with Gasteiger partial charge in [-0.3, -0.25) is 9.71 Å². The van der Waals surface area contributed by atoms with Gasteiger partial charge in [0.25, 0.3) is 10.0 Å². The van der Waals surface area contributed by atoms with Crippen LogP contribution in [0.4, 0.5) is 14.5 Å². The van der Waals surface area contributed by atoms with Crippen LogP contribution in [0.1, 0.15) is 5.56 Å². The van der Waals surface area contributed by atoms with E-state index in [-0.39, 0.29) is 16.3 Å². The van der Waals surface area contributed by atoms with Crippen LogP contribution in [-0.2, 0) is 10.0 Å². The molecule has 0 aliphatic carbocycles. The molecule has 0 aliphatic rings. The normalized spacial score (nSPS) is 11.7. The van der Waals surface area contributed by atoms with E-state index < -0.39 is 16.6 Å². The smallest absolute Gasteiger partial charge is 0.387 e. The van der Waals surface area contributed by atoms with Gasteiger partial charge in [0, 0.05) is 11.6 Å². The standard InChI is InChI=1S/C17H14F2N2O3S/c1-11-7-8-13(14(10-11)24-17(18)19)21-25(22,23)15-6-2-4-12-5-3-9-20-16(12)15/h2-10,17,21H,1H3. The molecule has 130 valence electrons. The topological polar surface area (TPSA) is 68.3 Å². The molecule has 0 unspecified atom stereocenters. The largest absolute Gasteiger partial charge is 0.433 e. The zero-order valence-corrected chi connectivity index (χ0v) is 13.9. The van der Waals surface area contributed by atoms with Gasteiger partial charge in [-0.2, -0.15) is 8.78 Å². The lowest BCUT2D eigenvalue weighted by molar-refractivity contribution is -0.0493. The van der Waals surface area contributed by atoms with E-state index in [4.69, 9.17) is 0 Å². The third-order valence-electron chi connectivity index (χ3n) is 3.48. The molecule has 0 saturated carbocycles. The van der Waals surface area contributed by atoms with Gasteiger partial charge in [0.1, 0.15) is 10.6 Å². The lowest BCUT2D eigenvalue weighted by Crippen LogP contribution is -2.15. The van der Waals surface area contributed by atoms with Gasteiger partial charge in [-0.05, 0) is 36.8 Å². The van der Waals surface area contributed by atoms with Crippen LogP contribution in [0, 0.1) is 6.92 Å². The van der Waals surface area contributed by atoms with Crippen molar-refractivity contribution in [3.63, 3.8) is 0 Å². The van der Waals surface area contributed by atoms with Crippen LogP contribution in [0.5, 0.6) is 5.75 Å². The zero-order valence-electron chi connectivity index (χ0n) is 13.1. The predicted molar refractivity (Wildman–Crippen MR) is 90.4 cm³/mol. The summed E-state index contributed by atoms with van der Waals surface area (Å²) in [6.45, 7) is -1.38. The molecule has 5 nitrogen and oxygen atoms in total.